The molecule has 18 heavy (non-hydrogen) atoms. The van der Waals surface area contributed by atoms with Gasteiger partial charge in [-0.1, -0.05) is 24.3 Å². The summed E-state index contributed by atoms with van der Waals surface area (Å²) in [5.74, 6) is 0.698. The maximum absolute atomic E-state index is 5.97. The Bertz CT molecular complexity index is 700. The van der Waals surface area contributed by atoms with E-state index >= 15 is 0 Å². The van der Waals surface area contributed by atoms with Crippen molar-refractivity contribution in [3.8, 4) is 0 Å². The quantitative estimate of drug-likeness (QED) is 0.723. The highest BCUT2D eigenvalue weighted by atomic mass is 127. The number of anilines is 1. The standard InChI is InChI=1S/C13H11IN4/c14-11-7-17-18(13(11)15)8-10-4-1-3-9-5-2-6-16-12(9)10/h1-7H,8,15H2. The van der Waals surface area contributed by atoms with Gasteiger partial charge in [0, 0.05) is 11.6 Å². The van der Waals surface area contributed by atoms with Crippen LogP contribution in [0.25, 0.3) is 10.9 Å². The molecular weight excluding hydrogens is 339 g/mol. The van der Waals surface area contributed by atoms with Crippen molar-refractivity contribution in [3.63, 3.8) is 0 Å². The first-order chi connectivity index (χ1) is 8.75. The minimum Gasteiger partial charge on any atom is -0.383 e. The third-order valence-corrected chi connectivity index (χ3v) is 3.70. The van der Waals surface area contributed by atoms with Gasteiger partial charge in [0.05, 0.1) is 21.8 Å². The van der Waals surface area contributed by atoms with Gasteiger partial charge in [0.15, 0.2) is 0 Å². The van der Waals surface area contributed by atoms with E-state index in [1.165, 1.54) is 0 Å². The van der Waals surface area contributed by atoms with Crippen molar-refractivity contribution < 1.29 is 0 Å². The molecule has 1 aromatic carbocycles. The second-order valence-electron chi connectivity index (χ2n) is 4.03. The number of para-hydroxylation sites is 1. The van der Waals surface area contributed by atoms with E-state index in [-0.39, 0.29) is 0 Å². The minimum absolute atomic E-state index is 0.642. The third kappa shape index (κ3) is 1.94. The van der Waals surface area contributed by atoms with Crippen LogP contribution >= 0.6 is 22.6 Å². The molecule has 0 saturated heterocycles. The minimum atomic E-state index is 0.642. The van der Waals surface area contributed by atoms with Crippen molar-refractivity contribution in [2.24, 2.45) is 0 Å². The highest BCUT2D eigenvalue weighted by Crippen LogP contribution is 2.19. The topological polar surface area (TPSA) is 56.7 Å². The lowest BCUT2D eigenvalue weighted by atomic mass is 10.1. The Hall–Kier alpha value is -1.63. The second-order valence-corrected chi connectivity index (χ2v) is 5.19. The van der Waals surface area contributed by atoms with Crippen molar-refractivity contribution in [2.45, 2.75) is 6.54 Å². The Morgan fingerprint density at radius 1 is 1.22 bits per heavy atom. The van der Waals surface area contributed by atoms with E-state index in [0.29, 0.717) is 12.4 Å². The fourth-order valence-electron chi connectivity index (χ4n) is 1.95. The molecule has 0 atom stereocenters. The molecule has 0 radical (unpaired) electrons. The molecule has 2 heterocycles. The van der Waals surface area contributed by atoms with Crippen LogP contribution < -0.4 is 5.73 Å². The molecule has 0 fully saturated rings. The molecule has 0 spiro atoms. The summed E-state index contributed by atoms with van der Waals surface area (Å²) >= 11 is 2.18. The van der Waals surface area contributed by atoms with E-state index in [1.54, 1.807) is 10.9 Å². The summed E-state index contributed by atoms with van der Waals surface area (Å²) in [6, 6.07) is 10.1. The number of benzene rings is 1. The SMILES string of the molecule is Nc1c(I)cnn1Cc1cccc2cccnc12. The average molecular weight is 350 g/mol. The zero-order valence-electron chi connectivity index (χ0n) is 9.55. The normalized spacial score (nSPS) is 10.9. The molecule has 2 N–H and O–H groups in total. The Balaban J connectivity index is 2.08. The van der Waals surface area contributed by atoms with Gasteiger partial charge in [0.25, 0.3) is 0 Å². The molecule has 90 valence electrons. The Kier molecular flexibility index (Phi) is 2.91. The number of nitrogens with two attached hydrogens (primary N) is 1. The summed E-state index contributed by atoms with van der Waals surface area (Å²) < 4.78 is 2.77. The molecule has 0 bridgehead atoms. The lowest BCUT2D eigenvalue weighted by molar-refractivity contribution is 0.699. The van der Waals surface area contributed by atoms with Crippen LogP contribution in [-0.2, 0) is 6.54 Å². The number of hydrogen-bond acceptors (Lipinski definition) is 3. The number of rotatable bonds is 2. The Morgan fingerprint density at radius 2 is 2.06 bits per heavy atom. The van der Waals surface area contributed by atoms with E-state index < -0.39 is 0 Å². The number of fused-ring (bicyclic) bond motifs is 1. The number of halogens is 1. The highest BCUT2D eigenvalue weighted by Gasteiger charge is 2.07. The van der Waals surface area contributed by atoms with Gasteiger partial charge in [-0.15, -0.1) is 0 Å². The second kappa shape index (κ2) is 4.56. The van der Waals surface area contributed by atoms with E-state index in [0.717, 1.165) is 20.0 Å². The molecule has 0 aliphatic carbocycles. The predicted molar refractivity (Wildman–Crippen MR) is 80.2 cm³/mol. The highest BCUT2D eigenvalue weighted by molar-refractivity contribution is 14.1. The summed E-state index contributed by atoms with van der Waals surface area (Å²) in [6.07, 6.45) is 3.58. The largest absolute Gasteiger partial charge is 0.383 e. The smallest absolute Gasteiger partial charge is 0.135 e. The van der Waals surface area contributed by atoms with E-state index in [9.17, 15) is 0 Å². The molecule has 0 unspecified atom stereocenters. The molecule has 0 aliphatic rings. The summed E-state index contributed by atoms with van der Waals surface area (Å²) in [4.78, 5) is 4.43. The van der Waals surface area contributed by atoms with E-state index in [4.69, 9.17) is 5.73 Å². The van der Waals surface area contributed by atoms with Gasteiger partial charge in [-0.25, -0.2) is 4.68 Å². The van der Waals surface area contributed by atoms with Crippen molar-refractivity contribution >= 4 is 39.3 Å². The zero-order valence-corrected chi connectivity index (χ0v) is 11.7. The molecule has 3 rings (SSSR count). The van der Waals surface area contributed by atoms with Crippen LogP contribution in [-0.4, -0.2) is 14.8 Å². The first-order valence-electron chi connectivity index (χ1n) is 5.55. The molecule has 4 nitrogen and oxygen atoms in total. The lowest BCUT2D eigenvalue weighted by Crippen LogP contribution is -2.07. The van der Waals surface area contributed by atoms with Crippen LogP contribution in [0.5, 0.6) is 0 Å². The van der Waals surface area contributed by atoms with Crippen LogP contribution in [0.15, 0.2) is 42.7 Å². The van der Waals surface area contributed by atoms with E-state index in [1.807, 2.05) is 18.3 Å². The lowest BCUT2D eigenvalue weighted by Gasteiger charge is -2.07. The van der Waals surface area contributed by atoms with E-state index in [2.05, 4.69) is 50.9 Å². The fraction of sp³-hybridized carbons (Fsp3) is 0.0769. The molecule has 0 saturated carbocycles. The van der Waals surface area contributed by atoms with Gasteiger partial charge in [-0.2, -0.15) is 5.10 Å². The van der Waals surface area contributed by atoms with Gasteiger partial charge < -0.3 is 5.73 Å². The molecule has 0 amide bonds. The molecule has 5 heteroatoms. The zero-order chi connectivity index (χ0) is 12.5. The average Bonchev–Trinajstić information content (AvgIpc) is 2.71. The number of nitrogens with zero attached hydrogens (tertiary/aromatic N) is 3. The number of pyridine rings is 1. The predicted octanol–water partition coefficient (Wildman–Crippen LogP) is 2.67. The summed E-state index contributed by atoms with van der Waals surface area (Å²) in [7, 11) is 0. The van der Waals surface area contributed by atoms with Crippen molar-refractivity contribution in [3.05, 3.63) is 51.9 Å². The van der Waals surface area contributed by atoms with Crippen LogP contribution in [0.2, 0.25) is 0 Å². The maximum Gasteiger partial charge on any atom is 0.135 e. The molecular formula is C13H11IN4. The monoisotopic (exact) mass is 350 g/mol. The van der Waals surface area contributed by atoms with Gasteiger partial charge in [-0.05, 0) is 34.2 Å². The first-order valence-corrected chi connectivity index (χ1v) is 6.63. The summed E-state index contributed by atoms with van der Waals surface area (Å²) in [6.45, 7) is 0.642. The molecule has 0 aliphatic heterocycles. The van der Waals surface area contributed by atoms with Crippen LogP contribution in [0.4, 0.5) is 5.82 Å². The summed E-state index contributed by atoms with van der Waals surface area (Å²) in [5.41, 5.74) is 8.10. The van der Waals surface area contributed by atoms with Crippen molar-refractivity contribution in [1.82, 2.24) is 14.8 Å². The van der Waals surface area contributed by atoms with Crippen molar-refractivity contribution in [2.75, 3.05) is 5.73 Å². The first kappa shape index (κ1) is 11.5. The Labute approximate surface area is 118 Å². The van der Waals surface area contributed by atoms with Gasteiger partial charge in [0.2, 0.25) is 0 Å². The van der Waals surface area contributed by atoms with Crippen molar-refractivity contribution in [1.29, 1.82) is 0 Å². The van der Waals surface area contributed by atoms with Crippen LogP contribution in [0.3, 0.4) is 0 Å². The van der Waals surface area contributed by atoms with Crippen LogP contribution in [0, 0.1) is 3.57 Å². The van der Waals surface area contributed by atoms with Gasteiger partial charge in [0.1, 0.15) is 5.82 Å². The fourth-order valence-corrected chi connectivity index (χ4v) is 2.36. The van der Waals surface area contributed by atoms with Gasteiger partial charge in [-0.3, -0.25) is 4.98 Å². The Morgan fingerprint density at radius 3 is 2.83 bits per heavy atom. The van der Waals surface area contributed by atoms with Crippen LogP contribution in [0.1, 0.15) is 5.56 Å². The molecule has 3 aromatic rings. The number of nitrogen functional groups attached to an aromatic ring is 1. The number of hydrogen-bond donors (Lipinski definition) is 1. The summed E-state index contributed by atoms with van der Waals surface area (Å²) in [5, 5.41) is 5.41. The third-order valence-electron chi connectivity index (χ3n) is 2.87. The number of aromatic nitrogens is 3. The van der Waals surface area contributed by atoms with Gasteiger partial charge >= 0.3 is 0 Å². The maximum atomic E-state index is 5.97. The molecule has 2 aromatic heterocycles.